The minimum atomic E-state index is -2.43. The number of rotatable bonds is 11. The van der Waals surface area contributed by atoms with Crippen LogP contribution in [0, 0.1) is 0 Å². The monoisotopic (exact) mass is 448 g/mol. The third-order valence-corrected chi connectivity index (χ3v) is 10.9. The molecule has 0 heterocycles. The van der Waals surface area contributed by atoms with Crippen LogP contribution >= 0.6 is 0 Å². The van der Waals surface area contributed by atoms with Gasteiger partial charge in [-0.1, -0.05) is 93.6 Å². The van der Waals surface area contributed by atoms with Gasteiger partial charge < -0.3 is 13.9 Å². The predicted octanol–water partition coefficient (Wildman–Crippen LogP) is 5.57. The highest BCUT2D eigenvalue weighted by molar-refractivity contribution is 6.99. The standard InChI is InChI=1S/C28H36O3Si/c1-28(2,3)32(26-13-7-5-8-14-26,27-15-9-6-10-16-27)31-22-12-11-21-30-23-24-17-19-25(29-4)20-18-24/h5-10,13-20H,11-12,21-23H2,1-4H3. The number of hydrogen-bond acceptors (Lipinski definition) is 3. The summed E-state index contributed by atoms with van der Waals surface area (Å²) >= 11 is 0. The molecular formula is C28H36O3Si. The summed E-state index contributed by atoms with van der Waals surface area (Å²) in [6.45, 7) is 9.04. The number of hydrogen-bond donors (Lipinski definition) is 0. The Kier molecular flexibility index (Phi) is 8.68. The van der Waals surface area contributed by atoms with Gasteiger partial charge in [0.2, 0.25) is 0 Å². The highest BCUT2D eigenvalue weighted by Crippen LogP contribution is 2.36. The van der Waals surface area contributed by atoms with E-state index in [0.717, 1.165) is 37.4 Å². The SMILES string of the molecule is COc1ccc(COCCCCO[Si](c2ccccc2)(c2ccccc2)C(C)(C)C)cc1. The maximum atomic E-state index is 6.93. The van der Waals surface area contributed by atoms with Crippen molar-refractivity contribution in [3.8, 4) is 5.75 Å². The summed E-state index contributed by atoms with van der Waals surface area (Å²) in [4.78, 5) is 0. The number of unbranched alkanes of at least 4 members (excludes halogenated alkanes) is 1. The second-order valence-corrected chi connectivity index (χ2v) is 13.4. The summed E-state index contributed by atoms with van der Waals surface area (Å²) in [7, 11) is -0.751. The van der Waals surface area contributed by atoms with E-state index < -0.39 is 8.32 Å². The highest BCUT2D eigenvalue weighted by Gasteiger charge is 2.49. The first-order valence-corrected chi connectivity index (χ1v) is 13.3. The molecule has 3 aromatic rings. The topological polar surface area (TPSA) is 27.7 Å². The molecule has 170 valence electrons. The van der Waals surface area contributed by atoms with Gasteiger partial charge in [0.05, 0.1) is 13.7 Å². The molecular weight excluding hydrogens is 412 g/mol. The van der Waals surface area contributed by atoms with Crippen molar-refractivity contribution in [2.75, 3.05) is 20.3 Å². The first-order chi connectivity index (χ1) is 15.5. The second-order valence-electron chi connectivity index (χ2n) is 9.12. The van der Waals surface area contributed by atoms with Crippen LogP contribution in [0.2, 0.25) is 5.04 Å². The number of ether oxygens (including phenoxy) is 2. The van der Waals surface area contributed by atoms with Gasteiger partial charge in [-0.05, 0) is 45.9 Å². The van der Waals surface area contributed by atoms with Gasteiger partial charge in [-0.15, -0.1) is 0 Å². The smallest absolute Gasteiger partial charge is 0.261 e. The fourth-order valence-electron chi connectivity index (χ4n) is 4.20. The summed E-state index contributed by atoms with van der Waals surface area (Å²) in [5.74, 6) is 0.870. The van der Waals surface area contributed by atoms with E-state index in [0.29, 0.717) is 6.61 Å². The molecule has 4 heteroatoms. The maximum Gasteiger partial charge on any atom is 0.261 e. The van der Waals surface area contributed by atoms with Gasteiger partial charge in [-0.25, -0.2) is 0 Å². The van der Waals surface area contributed by atoms with Gasteiger partial charge in [0, 0.05) is 13.2 Å². The Labute approximate surface area is 194 Å². The van der Waals surface area contributed by atoms with Crippen LogP contribution in [0.4, 0.5) is 0 Å². The third-order valence-electron chi connectivity index (χ3n) is 5.85. The average molecular weight is 449 g/mol. The van der Waals surface area contributed by atoms with Crippen LogP contribution in [0.5, 0.6) is 5.75 Å². The lowest BCUT2D eigenvalue weighted by Gasteiger charge is -2.43. The Morgan fingerprint density at radius 3 is 1.72 bits per heavy atom. The molecule has 0 N–H and O–H groups in total. The summed E-state index contributed by atoms with van der Waals surface area (Å²) in [5, 5.41) is 2.67. The van der Waals surface area contributed by atoms with E-state index in [9.17, 15) is 0 Å². The molecule has 0 aliphatic carbocycles. The molecule has 0 amide bonds. The lowest BCUT2D eigenvalue weighted by molar-refractivity contribution is 0.113. The van der Waals surface area contributed by atoms with Crippen LogP contribution < -0.4 is 15.1 Å². The van der Waals surface area contributed by atoms with E-state index in [-0.39, 0.29) is 5.04 Å². The number of benzene rings is 3. The van der Waals surface area contributed by atoms with E-state index in [1.54, 1.807) is 7.11 Å². The van der Waals surface area contributed by atoms with Crippen molar-refractivity contribution in [3.63, 3.8) is 0 Å². The lowest BCUT2D eigenvalue weighted by Crippen LogP contribution is -2.66. The molecule has 0 fully saturated rings. The normalized spacial score (nSPS) is 12.0. The average Bonchev–Trinajstić information content (AvgIpc) is 2.81. The molecule has 0 unspecified atom stereocenters. The van der Waals surface area contributed by atoms with Gasteiger partial charge in [-0.3, -0.25) is 0 Å². The molecule has 0 bridgehead atoms. The molecule has 3 aromatic carbocycles. The van der Waals surface area contributed by atoms with Crippen molar-refractivity contribution in [2.45, 2.75) is 45.3 Å². The van der Waals surface area contributed by atoms with Gasteiger partial charge in [0.25, 0.3) is 8.32 Å². The van der Waals surface area contributed by atoms with Crippen molar-refractivity contribution in [2.24, 2.45) is 0 Å². The van der Waals surface area contributed by atoms with Crippen LogP contribution in [0.25, 0.3) is 0 Å². The van der Waals surface area contributed by atoms with Crippen LogP contribution in [0.1, 0.15) is 39.2 Å². The van der Waals surface area contributed by atoms with Crippen molar-refractivity contribution < 1.29 is 13.9 Å². The Bertz CT molecular complexity index is 879. The minimum Gasteiger partial charge on any atom is -0.497 e. The maximum absolute atomic E-state index is 6.93. The van der Waals surface area contributed by atoms with Crippen LogP contribution in [0.15, 0.2) is 84.9 Å². The first kappa shape index (κ1) is 24.2. The molecule has 32 heavy (non-hydrogen) atoms. The first-order valence-electron chi connectivity index (χ1n) is 11.4. The van der Waals surface area contributed by atoms with E-state index in [1.807, 2.05) is 24.3 Å². The Balaban J connectivity index is 1.60. The van der Waals surface area contributed by atoms with Crippen molar-refractivity contribution in [1.82, 2.24) is 0 Å². The summed E-state index contributed by atoms with van der Waals surface area (Å²) in [5.41, 5.74) is 1.16. The van der Waals surface area contributed by atoms with Crippen LogP contribution in [-0.4, -0.2) is 28.6 Å². The molecule has 0 aliphatic rings. The van der Waals surface area contributed by atoms with Crippen molar-refractivity contribution in [3.05, 3.63) is 90.5 Å². The molecule has 0 saturated carbocycles. The Morgan fingerprint density at radius 1 is 0.688 bits per heavy atom. The fraction of sp³-hybridized carbons (Fsp3) is 0.357. The predicted molar refractivity (Wildman–Crippen MR) is 135 cm³/mol. The van der Waals surface area contributed by atoms with E-state index in [1.165, 1.54) is 10.4 Å². The molecule has 0 spiro atoms. The Morgan fingerprint density at radius 2 is 1.22 bits per heavy atom. The zero-order valence-electron chi connectivity index (χ0n) is 19.8. The quantitative estimate of drug-likeness (QED) is 0.284. The summed E-state index contributed by atoms with van der Waals surface area (Å²) in [6, 6.07) is 29.7. The molecule has 0 radical (unpaired) electrons. The molecule has 0 aliphatic heterocycles. The molecule has 0 atom stereocenters. The lowest BCUT2D eigenvalue weighted by atomic mass is 10.2. The van der Waals surface area contributed by atoms with Gasteiger partial charge >= 0.3 is 0 Å². The summed E-state index contributed by atoms with van der Waals surface area (Å²) in [6.07, 6.45) is 1.96. The zero-order chi connectivity index (χ0) is 22.9. The van der Waals surface area contributed by atoms with Crippen LogP contribution in [-0.2, 0) is 15.8 Å². The Hall–Kier alpha value is -2.40. The van der Waals surface area contributed by atoms with E-state index >= 15 is 0 Å². The highest BCUT2D eigenvalue weighted by atomic mass is 28.4. The van der Waals surface area contributed by atoms with Crippen LogP contribution in [0.3, 0.4) is 0 Å². The van der Waals surface area contributed by atoms with E-state index in [2.05, 4.69) is 81.4 Å². The number of methoxy groups -OCH3 is 1. The van der Waals surface area contributed by atoms with Gasteiger partial charge in [0.1, 0.15) is 5.75 Å². The van der Waals surface area contributed by atoms with Gasteiger partial charge in [-0.2, -0.15) is 0 Å². The summed E-state index contributed by atoms with van der Waals surface area (Å²) < 4.78 is 18.0. The molecule has 3 nitrogen and oxygen atoms in total. The van der Waals surface area contributed by atoms with E-state index in [4.69, 9.17) is 13.9 Å². The molecule has 0 aromatic heterocycles. The molecule has 3 rings (SSSR count). The zero-order valence-corrected chi connectivity index (χ0v) is 20.8. The van der Waals surface area contributed by atoms with Gasteiger partial charge in [0.15, 0.2) is 0 Å². The van der Waals surface area contributed by atoms with Crippen molar-refractivity contribution >= 4 is 18.7 Å². The second kappa shape index (κ2) is 11.5. The third kappa shape index (κ3) is 5.88. The van der Waals surface area contributed by atoms with Crippen molar-refractivity contribution in [1.29, 1.82) is 0 Å². The largest absolute Gasteiger partial charge is 0.497 e. The fourth-order valence-corrected chi connectivity index (χ4v) is 8.81. The minimum absolute atomic E-state index is 0.0145. The molecule has 0 saturated heterocycles.